The number of para-hydroxylation sites is 3. The number of hydrogen-bond donors (Lipinski definition) is 0. The van der Waals surface area contributed by atoms with E-state index in [0.717, 1.165) is 54.1 Å². The molecule has 6 aromatic carbocycles. The molecule has 0 saturated carbocycles. The van der Waals surface area contributed by atoms with Crippen LogP contribution < -0.4 is 4.90 Å². The highest BCUT2D eigenvalue weighted by atomic mass is 15.1. The van der Waals surface area contributed by atoms with E-state index in [-0.39, 0.29) is 0 Å². The summed E-state index contributed by atoms with van der Waals surface area (Å²) in [7, 11) is 0. The van der Waals surface area contributed by atoms with Crippen LogP contribution in [0.2, 0.25) is 0 Å². The summed E-state index contributed by atoms with van der Waals surface area (Å²) in [6.45, 7) is 0. The molecule has 252 valence electrons. The first-order valence-corrected chi connectivity index (χ1v) is 18.9. The van der Waals surface area contributed by atoms with Crippen LogP contribution in [0.5, 0.6) is 0 Å². The number of nitrogens with zero attached hydrogens (tertiary/aromatic N) is 3. The summed E-state index contributed by atoms with van der Waals surface area (Å²) < 4.78 is 2.44. The van der Waals surface area contributed by atoms with Crippen LogP contribution in [0.25, 0.3) is 39.0 Å². The van der Waals surface area contributed by atoms with Gasteiger partial charge in [-0.1, -0.05) is 127 Å². The maximum absolute atomic E-state index is 5.37. The van der Waals surface area contributed by atoms with E-state index >= 15 is 0 Å². The second-order valence-electron chi connectivity index (χ2n) is 14.5. The van der Waals surface area contributed by atoms with Crippen molar-refractivity contribution in [3.8, 4) is 16.8 Å². The molecule has 0 radical (unpaired) electrons. The van der Waals surface area contributed by atoms with Crippen LogP contribution in [-0.2, 0) is 5.41 Å². The molecule has 3 nitrogen and oxygen atoms in total. The van der Waals surface area contributed by atoms with Crippen LogP contribution in [0.4, 0.5) is 17.1 Å². The number of hydrogen-bond acceptors (Lipinski definition) is 2. The third-order valence-corrected chi connectivity index (χ3v) is 11.6. The molecule has 2 heterocycles. The van der Waals surface area contributed by atoms with E-state index in [2.05, 4.69) is 185 Å². The molecule has 7 aromatic rings. The molecule has 1 atom stereocenters. The van der Waals surface area contributed by atoms with Crippen LogP contribution in [0.15, 0.2) is 176 Å². The summed E-state index contributed by atoms with van der Waals surface area (Å²) in [5.41, 5.74) is 17.8. The van der Waals surface area contributed by atoms with Gasteiger partial charge in [-0.15, -0.1) is 0 Å². The molecule has 0 saturated heterocycles. The Morgan fingerprint density at radius 3 is 1.96 bits per heavy atom. The summed E-state index contributed by atoms with van der Waals surface area (Å²) in [6, 6.07) is 51.8. The number of allylic oxidation sites excluding steroid dienone is 8. The zero-order valence-corrected chi connectivity index (χ0v) is 29.4. The van der Waals surface area contributed by atoms with E-state index in [9.17, 15) is 0 Å². The van der Waals surface area contributed by atoms with Gasteiger partial charge < -0.3 is 4.90 Å². The Labute approximate surface area is 310 Å². The fourth-order valence-corrected chi connectivity index (χ4v) is 9.41. The van der Waals surface area contributed by atoms with Crippen LogP contribution in [0, 0.1) is 0 Å². The first-order chi connectivity index (χ1) is 26.3. The largest absolute Gasteiger partial charge is 0.310 e. The lowest BCUT2D eigenvalue weighted by atomic mass is 9.65. The zero-order chi connectivity index (χ0) is 34.9. The Hall–Kier alpha value is -6.45. The summed E-state index contributed by atoms with van der Waals surface area (Å²) in [5, 5.41) is 0. The van der Waals surface area contributed by atoms with Crippen LogP contribution in [0.3, 0.4) is 0 Å². The van der Waals surface area contributed by atoms with Gasteiger partial charge in [0.15, 0.2) is 0 Å². The van der Waals surface area contributed by atoms with Crippen molar-refractivity contribution in [3.63, 3.8) is 0 Å². The Balaban J connectivity index is 1.17. The lowest BCUT2D eigenvalue weighted by Gasteiger charge is -2.40. The summed E-state index contributed by atoms with van der Waals surface area (Å²) in [4.78, 5) is 7.77. The summed E-state index contributed by atoms with van der Waals surface area (Å²) in [5.74, 6) is 1.02. The highest BCUT2D eigenvalue weighted by Gasteiger charge is 2.51. The highest BCUT2D eigenvalue weighted by Crippen LogP contribution is 2.61. The first kappa shape index (κ1) is 30.2. The average Bonchev–Trinajstić information content (AvgIpc) is 3.77. The smallest absolute Gasteiger partial charge is 0.145 e. The zero-order valence-electron chi connectivity index (χ0n) is 29.4. The molecule has 0 bridgehead atoms. The third-order valence-electron chi connectivity index (χ3n) is 11.6. The van der Waals surface area contributed by atoms with Crippen LogP contribution in [0.1, 0.15) is 59.3 Å². The molecule has 0 amide bonds. The summed E-state index contributed by atoms with van der Waals surface area (Å²) >= 11 is 0. The third kappa shape index (κ3) is 4.37. The van der Waals surface area contributed by atoms with Gasteiger partial charge in [-0.25, -0.2) is 4.98 Å². The van der Waals surface area contributed by atoms with Crippen molar-refractivity contribution in [3.05, 3.63) is 210 Å². The number of fused-ring (bicyclic) bond motifs is 9. The molecule has 3 aliphatic carbocycles. The minimum atomic E-state index is -0.534. The van der Waals surface area contributed by atoms with Gasteiger partial charge in [0, 0.05) is 22.6 Å². The first-order valence-electron chi connectivity index (χ1n) is 18.9. The number of rotatable bonds is 5. The molecule has 1 aliphatic heterocycles. The maximum atomic E-state index is 5.37. The molecular weight excluding hydrogens is 643 g/mol. The van der Waals surface area contributed by atoms with E-state index in [1.807, 2.05) is 0 Å². The van der Waals surface area contributed by atoms with Crippen molar-refractivity contribution in [1.82, 2.24) is 9.55 Å². The lowest BCUT2D eigenvalue weighted by Crippen LogP contribution is -2.34. The van der Waals surface area contributed by atoms with Gasteiger partial charge in [-0.2, -0.15) is 0 Å². The predicted octanol–water partition coefficient (Wildman–Crippen LogP) is 12.6. The number of aromatic nitrogens is 2. The highest BCUT2D eigenvalue weighted by molar-refractivity contribution is 5.98. The van der Waals surface area contributed by atoms with Crippen molar-refractivity contribution in [2.45, 2.75) is 31.1 Å². The normalized spacial score (nSPS) is 17.7. The Morgan fingerprint density at radius 2 is 1.17 bits per heavy atom. The number of imidazole rings is 1. The molecule has 0 fully saturated rings. The van der Waals surface area contributed by atoms with Gasteiger partial charge in [-0.3, -0.25) is 4.57 Å². The number of benzene rings is 6. The minimum absolute atomic E-state index is 0.534. The maximum Gasteiger partial charge on any atom is 0.145 e. The molecule has 1 aromatic heterocycles. The van der Waals surface area contributed by atoms with Gasteiger partial charge in [0.1, 0.15) is 5.82 Å². The molecule has 1 spiro atoms. The van der Waals surface area contributed by atoms with E-state index in [1.165, 1.54) is 61.3 Å². The topological polar surface area (TPSA) is 21.1 Å². The minimum Gasteiger partial charge on any atom is -0.310 e. The second kappa shape index (κ2) is 11.8. The molecule has 3 heteroatoms. The lowest BCUT2D eigenvalue weighted by molar-refractivity contribution is 0.743. The van der Waals surface area contributed by atoms with E-state index in [1.54, 1.807) is 0 Å². The van der Waals surface area contributed by atoms with Crippen molar-refractivity contribution in [2.24, 2.45) is 0 Å². The van der Waals surface area contributed by atoms with Gasteiger partial charge in [0.05, 0.1) is 22.1 Å². The quantitative estimate of drug-likeness (QED) is 0.181. The van der Waals surface area contributed by atoms with Crippen molar-refractivity contribution in [1.29, 1.82) is 0 Å². The van der Waals surface area contributed by atoms with Gasteiger partial charge in [0.25, 0.3) is 0 Å². The summed E-state index contributed by atoms with van der Waals surface area (Å²) in [6.07, 6.45) is 18.1. The second-order valence-corrected chi connectivity index (χ2v) is 14.5. The fourth-order valence-electron chi connectivity index (χ4n) is 9.41. The monoisotopic (exact) mass is 679 g/mol. The molecule has 4 aliphatic rings. The van der Waals surface area contributed by atoms with Crippen LogP contribution >= 0.6 is 0 Å². The Bertz CT molecular complexity index is 2720. The number of anilines is 3. The molecule has 0 N–H and O–H groups in total. The molecule has 11 rings (SSSR count). The van der Waals surface area contributed by atoms with Crippen molar-refractivity contribution >= 4 is 39.2 Å². The van der Waals surface area contributed by atoms with Crippen molar-refractivity contribution < 1.29 is 0 Å². The Morgan fingerprint density at radius 1 is 0.509 bits per heavy atom. The fraction of sp³-hybridized carbons (Fsp3) is 0.100. The Kier molecular flexibility index (Phi) is 6.72. The predicted molar refractivity (Wildman–Crippen MR) is 219 cm³/mol. The van der Waals surface area contributed by atoms with Gasteiger partial charge >= 0.3 is 0 Å². The van der Waals surface area contributed by atoms with E-state index < -0.39 is 5.41 Å². The standard InChI is InChI=1S/C50H37N3/c1-4-15-34(16-5-1)35-27-29-38(30-28-35)52(37-19-8-3-9-20-37)39-31-32-41-40-21-10-11-22-42(40)50(45(41)33-39)43-23-12-13-26-47(43)53-48-44(50)24-14-25-46(48)51-49(53)36-17-6-2-7-18-36/h3-4,6,8-33H,1-2,5,7H2. The van der Waals surface area contributed by atoms with Gasteiger partial charge in [-0.05, 0) is 119 Å². The SMILES string of the molecule is C1=CC(c2ccc(N(c3ccccc3)c3ccc4c(c3)C3(c5ccccc5-4)c4ccccc4-n4c(C5=CCCC=C5)nc5cccc3c54)cc2)=CCC1. The van der Waals surface area contributed by atoms with Crippen LogP contribution in [-0.4, -0.2) is 9.55 Å². The van der Waals surface area contributed by atoms with Gasteiger partial charge in [0.2, 0.25) is 0 Å². The average molecular weight is 680 g/mol. The van der Waals surface area contributed by atoms with E-state index in [0.29, 0.717) is 0 Å². The van der Waals surface area contributed by atoms with Crippen molar-refractivity contribution in [2.75, 3.05) is 4.90 Å². The molecular formula is C50H37N3. The molecule has 53 heavy (non-hydrogen) atoms. The molecule has 1 unspecified atom stereocenters. The van der Waals surface area contributed by atoms with E-state index in [4.69, 9.17) is 4.98 Å².